The van der Waals surface area contributed by atoms with Crippen LogP contribution in [-0.2, 0) is 11.2 Å². The third kappa shape index (κ3) is 3.57. The largest absolute Gasteiger partial charge is 0.371 e. The van der Waals surface area contributed by atoms with E-state index in [9.17, 15) is 9.59 Å². The summed E-state index contributed by atoms with van der Waals surface area (Å²) in [6.07, 6.45) is 4.89. The van der Waals surface area contributed by atoms with Crippen molar-refractivity contribution in [1.29, 1.82) is 0 Å². The Labute approximate surface area is 153 Å². The molecule has 0 aliphatic carbocycles. The van der Waals surface area contributed by atoms with Gasteiger partial charge in [-0.2, -0.15) is 0 Å². The number of piperidine rings is 1. The first kappa shape index (κ1) is 16.6. The minimum absolute atomic E-state index is 0.0317. The van der Waals surface area contributed by atoms with E-state index in [-0.39, 0.29) is 11.8 Å². The molecule has 134 valence electrons. The number of fused-ring (bicyclic) bond motifs is 1. The predicted molar refractivity (Wildman–Crippen MR) is 104 cm³/mol. The van der Waals surface area contributed by atoms with Gasteiger partial charge in [-0.25, -0.2) is 0 Å². The van der Waals surface area contributed by atoms with Gasteiger partial charge >= 0.3 is 0 Å². The Morgan fingerprint density at radius 1 is 1.00 bits per heavy atom. The van der Waals surface area contributed by atoms with E-state index >= 15 is 0 Å². The Hall–Kier alpha value is -2.82. The van der Waals surface area contributed by atoms with E-state index in [1.54, 1.807) is 6.07 Å². The molecule has 4 rings (SSSR count). The van der Waals surface area contributed by atoms with Gasteiger partial charge in [0.15, 0.2) is 0 Å². The zero-order valence-corrected chi connectivity index (χ0v) is 14.8. The molecule has 2 heterocycles. The zero-order chi connectivity index (χ0) is 17.9. The van der Waals surface area contributed by atoms with Crippen molar-refractivity contribution in [1.82, 2.24) is 0 Å². The van der Waals surface area contributed by atoms with Crippen molar-refractivity contribution < 1.29 is 9.59 Å². The summed E-state index contributed by atoms with van der Waals surface area (Å²) in [5.41, 5.74) is 4.41. The lowest BCUT2D eigenvalue weighted by atomic mass is 10.00. The van der Waals surface area contributed by atoms with Gasteiger partial charge in [0.25, 0.3) is 5.91 Å². The van der Waals surface area contributed by atoms with Crippen molar-refractivity contribution in [2.45, 2.75) is 32.1 Å². The number of aryl methyl sites for hydroxylation is 1. The summed E-state index contributed by atoms with van der Waals surface area (Å²) in [7, 11) is 0. The summed E-state index contributed by atoms with van der Waals surface area (Å²) in [6.45, 7) is 2.15. The van der Waals surface area contributed by atoms with Crippen LogP contribution in [0.2, 0.25) is 0 Å². The van der Waals surface area contributed by atoms with Crippen LogP contribution in [0, 0.1) is 0 Å². The van der Waals surface area contributed by atoms with Crippen molar-refractivity contribution in [3.05, 3.63) is 53.6 Å². The second-order valence-electron chi connectivity index (χ2n) is 6.97. The van der Waals surface area contributed by atoms with Crippen LogP contribution < -0.4 is 15.5 Å². The second-order valence-corrected chi connectivity index (χ2v) is 6.97. The normalized spacial score (nSPS) is 16.6. The maximum Gasteiger partial charge on any atom is 0.255 e. The van der Waals surface area contributed by atoms with Crippen LogP contribution in [0.5, 0.6) is 0 Å². The van der Waals surface area contributed by atoms with Gasteiger partial charge in [-0.05, 0) is 67.6 Å². The predicted octanol–water partition coefficient (Wildman–Crippen LogP) is 3.81. The van der Waals surface area contributed by atoms with Gasteiger partial charge in [0, 0.05) is 42.1 Å². The first-order chi connectivity index (χ1) is 12.7. The first-order valence-electron chi connectivity index (χ1n) is 9.28. The number of rotatable bonds is 3. The lowest BCUT2D eigenvalue weighted by Crippen LogP contribution is -2.29. The number of carbonyl (C=O) groups is 2. The molecule has 0 spiro atoms. The first-order valence-corrected chi connectivity index (χ1v) is 9.28. The molecule has 1 fully saturated rings. The van der Waals surface area contributed by atoms with Gasteiger partial charge in [-0.3, -0.25) is 9.59 Å². The molecular weight excluding hydrogens is 326 g/mol. The average molecular weight is 349 g/mol. The van der Waals surface area contributed by atoms with Gasteiger partial charge in [0.2, 0.25) is 5.91 Å². The SMILES string of the molecule is O=C1CCc2cc(C(=O)Nc3cccc(N4CCCCC4)c3)ccc2N1. The smallest absolute Gasteiger partial charge is 0.255 e. The van der Waals surface area contributed by atoms with Gasteiger partial charge in [0.1, 0.15) is 0 Å². The standard InChI is InChI=1S/C21H23N3O2/c25-20-10-8-15-13-16(7-9-19(15)23-20)21(26)22-17-5-4-6-18(14-17)24-11-2-1-3-12-24/h4-7,9,13-14H,1-3,8,10-12H2,(H,22,26)(H,23,25). The molecule has 5 nitrogen and oxygen atoms in total. The molecule has 0 saturated carbocycles. The summed E-state index contributed by atoms with van der Waals surface area (Å²) < 4.78 is 0. The highest BCUT2D eigenvalue weighted by atomic mass is 16.2. The quantitative estimate of drug-likeness (QED) is 0.886. The van der Waals surface area contributed by atoms with Crippen LogP contribution in [0.3, 0.4) is 0 Å². The lowest BCUT2D eigenvalue weighted by Gasteiger charge is -2.29. The Morgan fingerprint density at radius 3 is 2.69 bits per heavy atom. The lowest BCUT2D eigenvalue weighted by molar-refractivity contribution is -0.116. The van der Waals surface area contributed by atoms with Gasteiger partial charge in [0.05, 0.1) is 0 Å². The molecule has 2 aromatic carbocycles. The molecule has 2 aliphatic rings. The Bertz CT molecular complexity index is 841. The minimum atomic E-state index is -0.125. The molecule has 0 bridgehead atoms. The van der Waals surface area contributed by atoms with Crippen LogP contribution in [0.4, 0.5) is 17.1 Å². The molecule has 0 aromatic heterocycles. The van der Waals surface area contributed by atoms with Crippen LogP contribution in [-0.4, -0.2) is 24.9 Å². The monoisotopic (exact) mass is 349 g/mol. The third-order valence-electron chi connectivity index (χ3n) is 5.09. The van der Waals surface area contributed by atoms with Gasteiger partial charge in [-0.1, -0.05) is 6.07 Å². The van der Waals surface area contributed by atoms with Crippen molar-refractivity contribution in [3.63, 3.8) is 0 Å². The Kier molecular flexibility index (Phi) is 4.61. The maximum absolute atomic E-state index is 12.6. The van der Waals surface area contributed by atoms with Crippen molar-refractivity contribution in [2.75, 3.05) is 28.6 Å². The highest BCUT2D eigenvalue weighted by molar-refractivity contribution is 6.05. The molecule has 26 heavy (non-hydrogen) atoms. The maximum atomic E-state index is 12.6. The van der Waals surface area contributed by atoms with Crippen LogP contribution in [0.1, 0.15) is 41.6 Å². The van der Waals surface area contributed by atoms with E-state index in [0.29, 0.717) is 18.4 Å². The number of carbonyl (C=O) groups excluding carboxylic acids is 2. The molecule has 2 aliphatic heterocycles. The summed E-state index contributed by atoms with van der Waals surface area (Å²) in [6, 6.07) is 13.5. The Balaban J connectivity index is 1.49. The van der Waals surface area contributed by atoms with E-state index < -0.39 is 0 Å². The fourth-order valence-electron chi connectivity index (χ4n) is 3.66. The molecule has 0 atom stereocenters. The summed E-state index contributed by atoms with van der Waals surface area (Å²) in [5, 5.41) is 5.84. The Morgan fingerprint density at radius 2 is 1.85 bits per heavy atom. The van der Waals surface area contributed by atoms with Crippen molar-refractivity contribution in [2.24, 2.45) is 0 Å². The van der Waals surface area contributed by atoms with E-state index in [1.165, 1.54) is 19.3 Å². The van der Waals surface area contributed by atoms with E-state index in [4.69, 9.17) is 0 Å². The number of hydrogen-bond acceptors (Lipinski definition) is 3. The van der Waals surface area contributed by atoms with Gasteiger partial charge < -0.3 is 15.5 Å². The highest BCUT2D eigenvalue weighted by Gasteiger charge is 2.17. The molecular formula is C21H23N3O2. The fraction of sp³-hybridized carbons (Fsp3) is 0.333. The van der Waals surface area contributed by atoms with Crippen LogP contribution >= 0.6 is 0 Å². The van der Waals surface area contributed by atoms with E-state index in [0.717, 1.165) is 35.7 Å². The molecule has 5 heteroatoms. The number of hydrogen-bond donors (Lipinski definition) is 2. The summed E-state index contributed by atoms with van der Waals surface area (Å²) in [4.78, 5) is 26.5. The molecule has 2 N–H and O–H groups in total. The number of anilines is 3. The zero-order valence-electron chi connectivity index (χ0n) is 14.8. The topological polar surface area (TPSA) is 61.4 Å². The minimum Gasteiger partial charge on any atom is -0.371 e. The number of nitrogens with one attached hydrogen (secondary N) is 2. The summed E-state index contributed by atoms with van der Waals surface area (Å²) in [5.74, 6) is -0.0928. The van der Waals surface area contributed by atoms with Crippen LogP contribution in [0.25, 0.3) is 0 Å². The highest BCUT2D eigenvalue weighted by Crippen LogP contribution is 2.25. The number of amides is 2. The average Bonchev–Trinajstić information content (AvgIpc) is 2.68. The summed E-state index contributed by atoms with van der Waals surface area (Å²) >= 11 is 0. The number of benzene rings is 2. The van der Waals surface area contributed by atoms with Crippen molar-refractivity contribution >= 4 is 28.9 Å². The van der Waals surface area contributed by atoms with Gasteiger partial charge in [-0.15, -0.1) is 0 Å². The molecule has 1 saturated heterocycles. The van der Waals surface area contributed by atoms with Crippen molar-refractivity contribution in [3.8, 4) is 0 Å². The second kappa shape index (κ2) is 7.20. The number of nitrogens with zero attached hydrogens (tertiary/aromatic N) is 1. The fourth-order valence-corrected chi connectivity index (χ4v) is 3.66. The third-order valence-corrected chi connectivity index (χ3v) is 5.09. The van der Waals surface area contributed by atoms with E-state index in [1.807, 2.05) is 30.3 Å². The van der Waals surface area contributed by atoms with E-state index in [2.05, 4.69) is 21.6 Å². The molecule has 0 unspecified atom stereocenters. The molecule has 2 aromatic rings. The van der Waals surface area contributed by atoms with Crippen LogP contribution in [0.15, 0.2) is 42.5 Å². The molecule has 2 amide bonds. The molecule has 0 radical (unpaired) electrons.